The highest BCUT2D eigenvalue weighted by molar-refractivity contribution is 6.53. The van der Waals surface area contributed by atoms with Crippen LogP contribution in [-0.4, -0.2) is 24.4 Å². The maximum atomic E-state index is 12.9. The number of rotatable bonds is 7. The molecule has 0 fully saturated rings. The lowest BCUT2D eigenvalue weighted by Gasteiger charge is -2.17. The number of esters is 1. The minimum absolute atomic E-state index is 0.0423. The normalized spacial score (nSPS) is 13.8. The van der Waals surface area contributed by atoms with Crippen LogP contribution < -0.4 is 10.2 Å². The first-order valence-electron chi connectivity index (χ1n) is 9.42. The van der Waals surface area contributed by atoms with Crippen LogP contribution in [0, 0.1) is 6.92 Å². The molecule has 156 valence electrons. The molecule has 8 heteroatoms. The molecule has 30 heavy (non-hydrogen) atoms. The molecule has 0 aromatic heterocycles. The zero-order valence-corrected chi connectivity index (χ0v) is 18.0. The van der Waals surface area contributed by atoms with Crippen LogP contribution in [0.2, 0.25) is 5.02 Å². The molecule has 0 aliphatic carbocycles. The molecule has 6 nitrogen and oxygen atoms in total. The monoisotopic (exact) mass is 446 g/mol. The number of amides is 2. The second-order valence-electron chi connectivity index (χ2n) is 6.76. The molecule has 1 aliphatic rings. The van der Waals surface area contributed by atoms with Crippen LogP contribution >= 0.6 is 23.2 Å². The largest absolute Gasteiger partial charge is 0.462 e. The molecule has 0 saturated carbocycles. The predicted octanol–water partition coefficient (Wildman–Crippen LogP) is 5.04. The average molecular weight is 447 g/mol. The van der Waals surface area contributed by atoms with E-state index in [9.17, 15) is 14.4 Å². The van der Waals surface area contributed by atoms with Crippen molar-refractivity contribution in [3.8, 4) is 0 Å². The first-order valence-corrected chi connectivity index (χ1v) is 10.2. The van der Waals surface area contributed by atoms with Crippen molar-refractivity contribution in [2.24, 2.45) is 0 Å². The lowest BCUT2D eigenvalue weighted by molar-refractivity contribution is -0.120. The quantitative estimate of drug-likeness (QED) is 0.366. The van der Waals surface area contributed by atoms with Crippen molar-refractivity contribution in [3.05, 3.63) is 69.3 Å². The van der Waals surface area contributed by atoms with Crippen molar-refractivity contribution in [1.29, 1.82) is 0 Å². The van der Waals surface area contributed by atoms with E-state index in [4.69, 9.17) is 27.9 Å². The van der Waals surface area contributed by atoms with E-state index in [1.807, 2.05) is 6.92 Å². The summed E-state index contributed by atoms with van der Waals surface area (Å²) in [5.74, 6) is -1.63. The van der Waals surface area contributed by atoms with E-state index in [1.54, 1.807) is 49.4 Å². The number of nitrogens with one attached hydrogen (secondary N) is 1. The predicted molar refractivity (Wildman–Crippen MR) is 117 cm³/mol. The molecule has 3 rings (SSSR count). The Labute approximate surface area is 184 Å². The summed E-state index contributed by atoms with van der Waals surface area (Å²) in [4.78, 5) is 38.5. The van der Waals surface area contributed by atoms with Gasteiger partial charge in [0, 0.05) is 10.7 Å². The Balaban J connectivity index is 1.76. The van der Waals surface area contributed by atoms with E-state index >= 15 is 0 Å². The summed E-state index contributed by atoms with van der Waals surface area (Å²) in [6.45, 7) is 4.15. The number of benzene rings is 2. The molecule has 0 unspecified atom stereocenters. The number of anilines is 2. The van der Waals surface area contributed by atoms with Crippen LogP contribution in [0.15, 0.2) is 53.2 Å². The van der Waals surface area contributed by atoms with Gasteiger partial charge in [0.25, 0.3) is 11.8 Å². The highest BCUT2D eigenvalue weighted by Gasteiger charge is 2.39. The molecule has 0 bridgehead atoms. The number of hydrogen-bond donors (Lipinski definition) is 1. The van der Waals surface area contributed by atoms with E-state index in [0.717, 1.165) is 17.7 Å². The number of carbonyl (C=O) groups is 3. The van der Waals surface area contributed by atoms with Gasteiger partial charge in [0.15, 0.2) is 0 Å². The fourth-order valence-corrected chi connectivity index (χ4v) is 3.26. The molecule has 0 saturated heterocycles. The Morgan fingerprint density at radius 2 is 1.77 bits per heavy atom. The van der Waals surface area contributed by atoms with Crippen LogP contribution in [0.5, 0.6) is 0 Å². The lowest BCUT2D eigenvalue weighted by atomic mass is 10.2. The maximum absolute atomic E-state index is 12.9. The molecular formula is C22H20Cl2N2O4. The van der Waals surface area contributed by atoms with Crippen LogP contribution in [-0.2, 0) is 14.3 Å². The second kappa shape index (κ2) is 9.32. The first kappa shape index (κ1) is 21.9. The summed E-state index contributed by atoms with van der Waals surface area (Å²) in [5, 5.41) is 3.05. The smallest absolute Gasteiger partial charge is 0.338 e. The van der Waals surface area contributed by atoms with Crippen molar-refractivity contribution < 1.29 is 19.1 Å². The van der Waals surface area contributed by atoms with Gasteiger partial charge in [-0.2, -0.15) is 0 Å². The van der Waals surface area contributed by atoms with E-state index < -0.39 is 17.8 Å². The van der Waals surface area contributed by atoms with Gasteiger partial charge in [0.1, 0.15) is 10.7 Å². The Morgan fingerprint density at radius 1 is 1.07 bits per heavy atom. The molecule has 0 spiro atoms. The van der Waals surface area contributed by atoms with E-state index in [-0.39, 0.29) is 10.7 Å². The van der Waals surface area contributed by atoms with E-state index in [1.165, 1.54) is 0 Å². The molecular weight excluding hydrogens is 427 g/mol. The molecule has 2 aromatic rings. The van der Waals surface area contributed by atoms with Crippen molar-refractivity contribution in [3.63, 3.8) is 0 Å². The van der Waals surface area contributed by atoms with Gasteiger partial charge in [-0.05, 0) is 55.3 Å². The number of nitrogens with zero attached hydrogens (tertiary/aromatic N) is 1. The summed E-state index contributed by atoms with van der Waals surface area (Å²) >= 11 is 12.2. The maximum Gasteiger partial charge on any atom is 0.338 e. The number of ether oxygens (including phenoxy) is 1. The third kappa shape index (κ3) is 4.50. The van der Waals surface area contributed by atoms with Gasteiger partial charge in [0.2, 0.25) is 0 Å². The van der Waals surface area contributed by atoms with Crippen molar-refractivity contribution in [2.75, 3.05) is 16.8 Å². The Bertz CT molecular complexity index is 1030. The van der Waals surface area contributed by atoms with Gasteiger partial charge in [-0.3, -0.25) is 9.59 Å². The van der Waals surface area contributed by atoms with Gasteiger partial charge in [-0.1, -0.05) is 42.6 Å². The van der Waals surface area contributed by atoms with Crippen molar-refractivity contribution >= 4 is 52.4 Å². The molecule has 1 N–H and O–H groups in total. The highest BCUT2D eigenvalue weighted by atomic mass is 35.5. The summed E-state index contributed by atoms with van der Waals surface area (Å²) < 4.78 is 5.17. The second-order valence-corrected chi connectivity index (χ2v) is 7.57. The van der Waals surface area contributed by atoms with Gasteiger partial charge in [-0.25, -0.2) is 9.69 Å². The molecule has 1 heterocycles. The summed E-state index contributed by atoms with van der Waals surface area (Å²) in [5.41, 5.74) is 1.93. The van der Waals surface area contributed by atoms with Crippen LogP contribution in [0.4, 0.5) is 11.4 Å². The standard InChI is InChI=1S/C22H20Cl2N2O4/c1-3-4-11-30-22(29)14-6-9-16(10-7-14)25-19-18(24)20(27)26(21(19)28)17-12-15(23)8-5-13(17)2/h5-10,12,25H,3-4,11H2,1-2H3. The Hall–Kier alpha value is -2.83. The Kier molecular flexibility index (Phi) is 6.80. The van der Waals surface area contributed by atoms with Crippen LogP contribution in [0.1, 0.15) is 35.7 Å². The third-order valence-corrected chi connectivity index (χ3v) is 5.15. The first-order chi connectivity index (χ1) is 14.3. The number of imide groups is 1. The number of halogens is 2. The van der Waals surface area contributed by atoms with E-state index in [0.29, 0.717) is 34.1 Å². The fraction of sp³-hybridized carbons (Fsp3) is 0.227. The van der Waals surface area contributed by atoms with E-state index in [2.05, 4.69) is 5.32 Å². The van der Waals surface area contributed by atoms with Gasteiger partial charge in [0.05, 0.1) is 17.9 Å². The Morgan fingerprint density at radius 3 is 2.43 bits per heavy atom. The number of unbranched alkanes of at least 4 members (excludes halogenated alkanes) is 1. The van der Waals surface area contributed by atoms with Gasteiger partial charge >= 0.3 is 5.97 Å². The van der Waals surface area contributed by atoms with Crippen molar-refractivity contribution in [2.45, 2.75) is 26.7 Å². The SMILES string of the molecule is CCCCOC(=O)c1ccc(NC2=C(Cl)C(=O)N(c3cc(Cl)ccc3C)C2=O)cc1. The number of hydrogen-bond acceptors (Lipinski definition) is 5. The fourth-order valence-electron chi connectivity index (χ4n) is 2.88. The van der Waals surface area contributed by atoms with Crippen LogP contribution in [0.3, 0.4) is 0 Å². The van der Waals surface area contributed by atoms with Gasteiger partial charge in [-0.15, -0.1) is 0 Å². The zero-order chi connectivity index (χ0) is 21.8. The summed E-state index contributed by atoms with van der Waals surface area (Å²) in [7, 11) is 0. The van der Waals surface area contributed by atoms with Crippen LogP contribution in [0.25, 0.3) is 0 Å². The van der Waals surface area contributed by atoms with Crippen molar-refractivity contribution in [1.82, 2.24) is 0 Å². The molecule has 1 aliphatic heterocycles. The minimum Gasteiger partial charge on any atom is -0.462 e. The highest BCUT2D eigenvalue weighted by Crippen LogP contribution is 2.33. The number of carbonyl (C=O) groups excluding carboxylic acids is 3. The topological polar surface area (TPSA) is 75.7 Å². The molecule has 2 aromatic carbocycles. The average Bonchev–Trinajstić information content (AvgIpc) is 2.94. The summed E-state index contributed by atoms with van der Waals surface area (Å²) in [6.07, 6.45) is 1.74. The lowest BCUT2D eigenvalue weighted by Crippen LogP contribution is -2.32. The number of aryl methyl sites for hydroxylation is 1. The summed E-state index contributed by atoms with van der Waals surface area (Å²) in [6, 6.07) is 11.3. The third-order valence-electron chi connectivity index (χ3n) is 4.56. The van der Waals surface area contributed by atoms with Gasteiger partial charge < -0.3 is 10.1 Å². The molecule has 2 amide bonds. The molecule has 0 radical (unpaired) electrons. The molecule has 0 atom stereocenters. The minimum atomic E-state index is -0.634. The zero-order valence-electron chi connectivity index (χ0n) is 16.5.